The molecule has 0 spiro atoms. The summed E-state index contributed by atoms with van der Waals surface area (Å²) in [6.07, 6.45) is 2.48. The van der Waals surface area contributed by atoms with Crippen molar-refractivity contribution in [3.05, 3.63) is 0 Å². The Morgan fingerprint density at radius 3 is 2.75 bits per heavy atom. The van der Waals surface area contributed by atoms with Gasteiger partial charge >= 0.3 is 0 Å². The van der Waals surface area contributed by atoms with E-state index in [4.69, 9.17) is 5.73 Å². The summed E-state index contributed by atoms with van der Waals surface area (Å²) >= 11 is 2.33. The van der Waals surface area contributed by atoms with Gasteiger partial charge in [-0.25, -0.2) is 3.11 Å². The number of hydrogen-bond acceptors (Lipinski definition) is 2. The molecule has 1 fully saturated rings. The van der Waals surface area contributed by atoms with E-state index in [9.17, 15) is 0 Å². The van der Waals surface area contributed by atoms with E-state index >= 15 is 0 Å². The predicted molar refractivity (Wildman–Crippen MR) is 42.8 cm³/mol. The molecule has 0 saturated carbocycles. The minimum Gasteiger partial charge on any atom is -0.327 e. The van der Waals surface area contributed by atoms with Gasteiger partial charge in [0, 0.05) is 42.0 Å². The van der Waals surface area contributed by atoms with Crippen LogP contribution in [0.3, 0.4) is 0 Å². The van der Waals surface area contributed by atoms with E-state index in [0.717, 1.165) is 6.54 Å². The average Bonchev–Trinajstić information content (AvgIpc) is 1.64. The summed E-state index contributed by atoms with van der Waals surface area (Å²) in [6.45, 7) is 2.29. The van der Waals surface area contributed by atoms with Crippen LogP contribution in [0.15, 0.2) is 0 Å². The summed E-state index contributed by atoms with van der Waals surface area (Å²) in [5.41, 5.74) is 5.68. The van der Waals surface area contributed by atoms with Crippen molar-refractivity contribution in [2.75, 3.05) is 13.1 Å². The van der Waals surface area contributed by atoms with Gasteiger partial charge in [0.1, 0.15) is 0 Å². The Morgan fingerprint density at radius 2 is 2.38 bits per heavy atom. The van der Waals surface area contributed by atoms with Crippen molar-refractivity contribution < 1.29 is 0 Å². The van der Waals surface area contributed by atoms with E-state index in [1.165, 1.54) is 19.4 Å². The zero-order valence-electron chi connectivity index (χ0n) is 4.81. The Balaban J connectivity index is 2.23. The van der Waals surface area contributed by atoms with Crippen molar-refractivity contribution >= 4 is 22.9 Å². The summed E-state index contributed by atoms with van der Waals surface area (Å²) in [5, 5.41) is 0. The molecule has 2 nitrogen and oxygen atoms in total. The third kappa shape index (κ3) is 1.87. The van der Waals surface area contributed by atoms with Gasteiger partial charge in [-0.3, -0.25) is 0 Å². The van der Waals surface area contributed by atoms with E-state index in [0.29, 0.717) is 6.04 Å². The Bertz CT molecular complexity index is 68.8. The van der Waals surface area contributed by atoms with Crippen LogP contribution >= 0.6 is 22.9 Å². The fraction of sp³-hybridized carbons (Fsp3) is 1.00. The predicted octanol–water partition coefficient (Wildman–Crippen LogP) is 0.760. The first-order valence-corrected chi connectivity index (χ1v) is 3.92. The highest BCUT2D eigenvalue weighted by Gasteiger charge is 2.12. The summed E-state index contributed by atoms with van der Waals surface area (Å²) in [5.74, 6) is 0. The second-order valence-electron chi connectivity index (χ2n) is 2.27. The van der Waals surface area contributed by atoms with E-state index in [1.54, 1.807) is 0 Å². The van der Waals surface area contributed by atoms with Gasteiger partial charge in [0.15, 0.2) is 0 Å². The zero-order valence-corrected chi connectivity index (χ0v) is 6.97. The maximum Gasteiger partial charge on any atom is 0.0233 e. The Labute approximate surface area is 63.9 Å². The molecule has 1 aliphatic heterocycles. The van der Waals surface area contributed by atoms with Crippen LogP contribution in [0.1, 0.15) is 12.8 Å². The molecule has 48 valence electrons. The molecular formula is C5H11IN2. The van der Waals surface area contributed by atoms with E-state index in [2.05, 4.69) is 26.0 Å². The molecule has 0 aromatic heterocycles. The Kier molecular flexibility index (Phi) is 2.52. The van der Waals surface area contributed by atoms with E-state index < -0.39 is 0 Å². The van der Waals surface area contributed by atoms with Crippen molar-refractivity contribution in [1.82, 2.24) is 3.11 Å². The number of halogens is 1. The Morgan fingerprint density at radius 1 is 1.62 bits per heavy atom. The second-order valence-corrected chi connectivity index (χ2v) is 3.64. The monoisotopic (exact) mass is 226 g/mol. The summed E-state index contributed by atoms with van der Waals surface area (Å²) in [4.78, 5) is 0. The minimum absolute atomic E-state index is 0.431. The lowest BCUT2D eigenvalue weighted by Crippen LogP contribution is -2.37. The number of piperidine rings is 1. The largest absolute Gasteiger partial charge is 0.327 e. The first-order valence-electron chi connectivity index (χ1n) is 2.95. The zero-order chi connectivity index (χ0) is 5.98. The fourth-order valence-electron chi connectivity index (χ4n) is 0.962. The van der Waals surface area contributed by atoms with E-state index in [-0.39, 0.29) is 0 Å². The average molecular weight is 226 g/mol. The van der Waals surface area contributed by atoms with Crippen LogP contribution < -0.4 is 5.73 Å². The number of nitrogens with zero attached hydrogens (tertiary/aromatic N) is 1. The standard InChI is InChI=1S/C5H11IN2/c6-8-3-1-2-5(7)4-8/h5H,1-4,7H2. The van der Waals surface area contributed by atoms with Crippen molar-refractivity contribution in [1.29, 1.82) is 0 Å². The van der Waals surface area contributed by atoms with Crippen LogP contribution in [0.5, 0.6) is 0 Å². The molecule has 0 aromatic carbocycles. The third-order valence-electron chi connectivity index (χ3n) is 1.41. The quantitative estimate of drug-likeness (QED) is 0.488. The number of nitrogens with two attached hydrogens (primary N) is 1. The van der Waals surface area contributed by atoms with Crippen LogP contribution in [0.2, 0.25) is 0 Å². The lowest BCUT2D eigenvalue weighted by molar-refractivity contribution is 0.365. The van der Waals surface area contributed by atoms with Gasteiger partial charge in [-0.15, -0.1) is 0 Å². The molecule has 0 radical (unpaired) electrons. The molecule has 0 aromatic rings. The molecule has 1 aliphatic rings. The topological polar surface area (TPSA) is 29.3 Å². The van der Waals surface area contributed by atoms with Crippen LogP contribution in [0, 0.1) is 0 Å². The first kappa shape index (κ1) is 6.77. The van der Waals surface area contributed by atoms with Gasteiger partial charge in [0.05, 0.1) is 0 Å². The molecule has 1 atom stereocenters. The van der Waals surface area contributed by atoms with Crippen molar-refractivity contribution in [3.63, 3.8) is 0 Å². The lowest BCUT2D eigenvalue weighted by Gasteiger charge is -2.24. The molecule has 1 heterocycles. The summed E-state index contributed by atoms with van der Waals surface area (Å²) in [6, 6.07) is 0.431. The summed E-state index contributed by atoms with van der Waals surface area (Å²) < 4.78 is 2.26. The van der Waals surface area contributed by atoms with Gasteiger partial charge in [-0.1, -0.05) is 0 Å². The highest BCUT2D eigenvalue weighted by molar-refractivity contribution is 14.1. The number of rotatable bonds is 0. The molecule has 0 bridgehead atoms. The lowest BCUT2D eigenvalue weighted by atomic mass is 10.1. The number of hydrogen-bond donors (Lipinski definition) is 1. The molecule has 8 heavy (non-hydrogen) atoms. The highest BCUT2D eigenvalue weighted by Crippen LogP contribution is 2.11. The van der Waals surface area contributed by atoms with Crippen molar-refractivity contribution in [2.24, 2.45) is 5.73 Å². The van der Waals surface area contributed by atoms with Gasteiger partial charge in [-0.05, 0) is 12.8 Å². The minimum atomic E-state index is 0.431. The first-order chi connectivity index (χ1) is 3.79. The summed E-state index contributed by atoms with van der Waals surface area (Å²) in [7, 11) is 0. The molecule has 0 amide bonds. The molecular weight excluding hydrogens is 215 g/mol. The maximum atomic E-state index is 5.68. The molecule has 1 unspecified atom stereocenters. The molecule has 3 heteroatoms. The maximum absolute atomic E-state index is 5.68. The van der Waals surface area contributed by atoms with Gasteiger partial charge in [-0.2, -0.15) is 0 Å². The molecule has 1 rings (SSSR count). The van der Waals surface area contributed by atoms with Crippen LogP contribution in [0.25, 0.3) is 0 Å². The van der Waals surface area contributed by atoms with Crippen LogP contribution in [0.4, 0.5) is 0 Å². The normalized spacial score (nSPS) is 33.0. The van der Waals surface area contributed by atoms with Crippen molar-refractivity contribution in [3.8, 4) is 0 Å². The SMILES string of the molecule is NC1CCCN(I)C1. The van der Waals surface area contributed by atoms with Crippen molar-refractivity contribution in [2.45, 2.75) is 18.9 Å². The van der Waals surface area contributed by atoms with Gasteiger partial charge < -0.3 is 5.73 Å². The van der Waals surface area contributed by atoms with Crippen LogP contribution in [-0.2, 0) is 0 Å². The van der Waals surface area contributed by atoms with Gasteiger partial charge in [0.25, 0.3) is 0 Å². The Hall–Kier alpha value is 0.650. The third-order valence-corrected chi connectivity index (χ3v) is 2.28. The molecule has 1 saturated heterocycles. The van der Waals surface area contributed by atoms with Gasteiger partial charge in [0.2, 0.25) is 0 Å². The molecule has 2 N–H and O–H groups in total. The highest BCUT2D eigenvalue weighted by atomic mass is 127. The second kappa shape index (κ2) is 2.98. The van der Waals surface area contributed by atoms with E-state index in [1.807, 2.05) is 0 Å². The smallest absolute Gasteiger partial charge is 0.0233 e. The fourth-order valence-corrected chi connectivity index (χ4v) is 1.81. The van der Waals surface area contributed by atoms with Crippen LogP contribution in [-0.4, -0.2) is 22.2 Å². The molecule has 0 aliphatic carbocycles.